The van der Waals surface area contributed by atoms with Gasteiger partial charge in [-0.25, -0.2) is 0 Å². The van der Waals surface area contributed by atoms with Crippen LogP contribution in [-0.4, -0.2) is 25.5 Å². The Bertz CT molecular complexity index is 486. The molecule has 4 nitrogen and oxygen atoms in total. The third-order valence-electron chi connectivity index (χ3n) is 2.01. The van der Waals surface area contributed by atoms with Crippen molar-refractivity contribution in [2.45, 2.75) is 0 Å². The van der Waals surface area contributed by atoms with Crippen LogP contribution in [0.4, 0.5) is 0 Å². The Labute approximate surface area is 115 Å². The van der Waals surface area contributed by atoms with E-state index in [0.717, 1.165) is 0 Å². The molecule has 0 unspecified atom stereocenters. The Hall–Kier alpha value is -1.52. The van der Waals surface area contributed by atoms with E-state index >= 15 is 0 Å². The summed E-state index contributed by atoms with van der Waals surface area (Å²) in [5.74, 6) is -0.936. The van der Waals surface area contributed by atoms with Crippen LogP contribution in [-0.2, 0) is 14.3 Å². The minimum Gasteiger partial charge on any atom is -0.468 e. The van der Waals surface area contributed by atoms with Crippen molar-refractivity contribution in [1.82, 2.24) is 5.32 Å². The molecule has 0 aromatic heterocycles. The molecule has 0 heterocycles. The zero-order valence-corrected chi connectivity index (χ0v) is 11.1. The molecule has 0 aliphatic rings. The highest BCUT2D eigenvalue weighted by Gasteiger charge is 2.02. The summed E-state index contributed by atoms with van der Waals surface area (Å²) in [5.41, 5.74) is 0.623. The number of rotatable bonds is 4. The Morgan fingerprint density at radius 3 is 2.78 bits per heavy atom. The first-order chi connectivity index (χ1) is 8.52. The van der Waals surface area contributed by atoms with E-state index in [-0.39, 0.29) is 6.54 Å². The van der Waals surface area contributed by atoms with Crippen LogP contribution in [0.25, 0.3) is 6.08 Å². The average Bonchev–Trinajstić information content (AvgIpc) is 2.36. The third-order valence-corrected chi connectivity index (χ3v) is 2.59. The van der Waals surface area contributed by atoms with E-state index in [0.29, 0.717) is 15.6 Å². The molecule has 0 radical (unpaired) electrons. The maximum absolute atomic E-state index is 11.4. The van der Waals surface area contributed by atoms with Crippen LogP contribution in [0.1, 0.15) is 5.56 Å². The summed E-state index contributed by atoms with van der Waals surface area (Å²) >= 11 is 11.7. The van der Waals surface area contributed by atoms with Crippen LogP contribution in [0, 0.1) is 0 Å². The van der Waals surface area contributed by atoms with Gasteiger partial charge in [0.15, 0.2) is 0 Å². The summed E-state index contributed by atoms with van der Waals surface area (Å²) < 4.78 is 4.38. The largest absolute Gasteiger partial charge is 0.468 e. The number of hydrogen-bond acceptors (Lipinski definition) is 3. The molecular formula is C12H11Cl2NO3. The van der Waals surface area contributed by atoms with Gasteiger partial charge in [0.05, 0.1) is 7.11 Å². The molecule has 96 valence electrons. The van der Waals surface area contributed by atoms with Crippen molar-refractivity contribution >= 4 is 41.2 Å². The number of carbonyl (C=O) groups is 2. The predicted molar refractivity (Wildman–Crippen MR) is 70.5 cm³/mol. The number of benzene rings is 1. The molecule has 1 N–H and O–H groups in total. The molecule has 1 aromatic rings. The van der Waals surface area contributed by atoms with Crippen LogP contribution >= 0.6 is 23.2 Å². The van der Waals surface area contributed by atoms with E-state index in [9.17, 15) is 9.59 Å². The lowest BCUT2D eigenvalue weighted by molar-refractivity contribution is -0.140. The highest BCUT2D eigenvalue weighted by atomic mass is 35.5. The molecule has 1 rings (SSSR count). The van der Waals surface area contributed by atoms with E-state index < -0.39 is 11.9 Å². The molecule has 0 aliphatic heterocycles. The van der Waals surface area contributed by atoms with Crippen molar-refractivity contribution in [3.05, 3.63) is 39.9 Å². The third kappa shape index (κ3) is 4.77. The summed E-state index contributed by atoms with van der Waals surface area (Å²) in [6.07, 6.45) is 2.78. The topological polar surface area (TPSA) is 55.4 Å². The van der Waals surface area contributed by atoms with Gasteiger partial charge in [0, 0.05) is 16.1 Å². The van der Waals surface area contributed by atoms with Gasteiger partial charge in [0.2, 0.25) is 5.91 Å². The van der Waals surface area contributed by atoms with Gasteiger partial charge in [0.1, 0.15) is 6.54 Å². The molecule has 1 amide bonds. The van der Waals surface area contributed by atoms with Crippen LogP contribution in [0.2, 0.25) is 10.0 Å². The Kier molecular flexibility index (Phi) is 5.68. The molecule has 6 heteroatoms. The SMILES string of the molecule is COC(=O)CNC(=O)/C=C/c1cc(Cl)ccc1Cl. The summed E-state index contributed by atoms with van der Waals surface area (Å²) in [4.78, 5) is 22.1. The molecule has 0 saturated heterocycles. The van der Waals surface area contributed by atoms with Gasteiger partial charge in [0.25, 0.3) is 0 Å². The van der Waals surface area contributed by atoms with Crippen molar-refractivity contribution in [3.8, 4) is 0 Å². The monoisotopic (exact) mass is 287 g/mol. The number of esters is 1. The van der Waals surface area contributed by atoms with E-state index in [1.165, 1.54) is 19.3 Å². The quantitative estimate of drug-likeness (QED) is 0.683. The minimum atomic E-state index is -0.516. The van der Waals surface area contributed by atoms with E-state index in [4.69, 9.17) is 23.2 Å². The molecular weight excluding hydrogens is 277 g/mol. The van der Waals surface area contributed by atoms with Crippen molar-refractivity contribution in [1.29, 1.82) is 0 Å². The Morgan fingerprint density at radius 2 is 2.11 bits per heavy atom. The molecule has 0 saturated carbocycles. The maximum Gasteiger partial charge on any atom is 0.325 e. The van der Waals surface area contributed by atoms with Gasteiger partial charge in [-0.3, -0.25) is 9.59 Å². The Morgan fingerprint density at radius 1 is 1.39 bits per heavy atom. The van der Waals surface area contributed by atoms with E-state index in [1.54, 1.807) is 18.2 Å². The number of nitrogens with one attached hydrogen (secondary N) is 1. The first-order valence-corrected chi connectivity index (χ1v) is 5.76. The fourth-order valence-electron chi connectivity index (χ4n) is 1.10. The summed E-state index contributed by atoms with van der Waals surface area (Å²) in [6.45, 7) is -0.178. The smallest absolute Gasteiger partial charge is 0.325 e. The zero-order chi connectivity index (χ0) is 13.5. The van der Waals surface area contributed by atoms with Gasteiger partial charge >= 0.3 is 5.97 Å². The van der Waals surface area contributed by atoms with Crippen molar-refractivity contribution in [2.75, 3.05) is 13.7 Å². The maximum atomic E-state index is 11.4. The van der Waals surface area contributed by atoms with E-state index in [2.05, 4.69) is 10.1 Å². The number of hydrogen-bond donors (Lipinski definition) is 1. The predicted octanol–water partition coefficient (Wildman–Crippen LogP) is 2.30. The number of ether oxygens (including phenoxy) is 1. The van der Waals surface area contributed by atoms with Crippen LogP contribution < -0.4 is 5.32 Å². The lowest BCUT2D eigenvalue weighted by Crippen LogP contribution is -2.28. The number of amides is 1. The lowest BCUT2D eigenvalue weighted by Gasteiger charge is -2.01. The van der Waals surface area contributed by atoms with Gasteiger partial charge in [-0.05, 0) is 29.8 Å². The standard InChI is InChI=1S/C12H11Cl2NO3/c1-18-12(17)7-15-11(16)5-2-8-6-9(13)3-4-10(8)14/h2-6H,7H2,1H3,(H,15,16)/b5-2+. The van der Waals surface area contributed by atoms with Crippen molar-refractivity contribution in [3.63, 3.8) is 0 Å². The first-order valence-electron chi connectivity index (χ1n) is 5.00. The van der Waals surface area contributed by atoms with E-state index in [1.807, 2.05) is 0 Å². The van der Waals surface area contributed by atoms with Crippen LogP contribution in [0.15, 0.2) is 24.3 Å². The average molecular weight is 288 g/mol. The highest BCUT2D eigenvalue weighted by Crippen LogP contribution is 2.21. The molecule has 0 aliphatic carbocycles. The second-order valence-corrected chi connectivity index (χ2v) is 4.14. The Balaban J connectivity index is 2.60. The fraction of sp³-hybridized carbons (Fsp3) is 0.167. The highest BCUT2D eigenvalue weighted by molar-refractivity contribution is 6.34. The molecule has 0 spiro atoms. The normalized spacial score (nSPS) is 10.4. The van der Waals surface area contributed by atoms with Crippen molar-refractivity contribution in [2.24, 2.45) is 0 Å². The zero-order valence-electron chi connectivity index (χ0n) is 9.57. The van der Waals surface area contributed by atoms with Gasteiger partial charge in [-0.1, -0.05) is 23.2 Å². The molecule has 1 aromatic carbocycles. The summed E-state index contributed by atoms with van der Waals surface area (Å²) in [6, 6.07) is 4.92. The van der Waals surface area contributed by atoms with Crippen molar-refractivity contribution < 1.29 is 14.3 Å². The van der Waals surface area contributed by atoms with Gasteiger partial charge in [-0.2, -0.15) is 0 Å². The molecule has 0 atom stereocenters. The van der Waals surface area contributed by atoms with Crippen LogP contribution in [0.3, 0.4) is 0 Å². The summed E-state index contributed by atoms with van der Waals surface area (Å²) in [5, 5.41) is 3.37. The second-order valence-electron chi connectivity index (χ2n) is 3.29. The molecule has 0 fully saturated rings. The number of halogens is 2. The van der Waals surface area contributed by atoms with Crippen LogP contribution in [0.5, 0.6) is 0 Å². The molecule has 18 heavy (non-hydrogen) atoms. The first kappa shape index (κ1) is 14.5. The number of methoxy groups -OCH3 is 1. The number of carbonyl (C=O) groups excluding carboxylic acids is 2. The minimum absolute atomic E-state index is 0.178. The molecule has 0 bridgehead atoms. The lowest BCUT2D eigenvalue weighted by atomic mass is 10.2. The second kappa shape index (κ2) is 7.03. The van der Waals surface area contributed by atoms with Gasteiger partial charge in [-0.15, -0.1) is 0 Å². The van der Waals surface area contributed by atoms with Gasteiger partial charge < -0.3 is 10.1 Å². The fourth-order valence-corrected chi connectivity index (χ4v) is 1.46. The summed E-state index contributed by atoms with van der Waals surface area (Å²) in [7, 11) is 1.25.